The summed E-state index contributed by atoms with van der Waals surface area (Å²) in [6.07, 6.45) is 0.201. The van der Waals surface area contributed by atoms with Crippen molar-refractivity contribution in [3.05, 3.63) is 35.6 Å². The second-order valence-electron chi connectivity index (χ2n) is 4.71. The lowest BCUT2D eigenvalue weighted by Crippen LogP contribution is -2.43. The maximum Gasteiger partial charge on any atom is 0.328 e. The van der Waals surface area contributed by atoms with Gasteiger partial charge in [0.15, 0.2) is 0 Å². The fraction of sp³-hybridized carbons (Fsp3) is 0.400. The Labute approximate surface area is 122 Å². The smallest absolute Gasteiger partial charge is 0.328 e. The van der Waals surface area contributed by atoms with Crippen LogP contribution in [0.15, 0.2) is 24.3 Å². The van der Waals surface area contributed by atoms with E-state index in [1.807, 2.05) is 6.07 Å². The van der Waals surface area contributed by atoms with Crippen LogP contribution in [0.4, 0.5) is 4.39 Å². The van der Waals surface area contributed by atoms with Gasteiger partial charge in [0.2, 0.25) is 5.91 Å². The Hall–Kier alpha value is -2.42. The lowest BCUT2D eigenvalue weighted by atomic mass is 10.0. The lowest BCUT2D eigenvalue weighted by Gasteiger charge is -2.17. The van der Waals surface area contributed by atoms with Crippen LogP contribution in [0.2, 0.25) is 0 Å². The van der Waals surface area contributed by atoms with Crippen molar-refractivity contribution < 1.29 is 18.7 Å². The Bertz CT molecular complexity index is 537. The summed E-state index contributed by atoms with van der Waals surface area (Å²) < 4.78 is 17.4. The number of nitriles is 1. The van der Waals surface area contributed by atoms with Crippen molar-refractivity contribution in [2.45, 2.75) is 25.8 Å². The SMILES string of the molecule is COC(=O)[C@H](C[C@@H](C)C#N)NC(=O)Cc1ccc(F)cc1. The normalized spacial score (nSPS) is 12.9. The molecule has 2 atom stereocenters. The van der Waals surface area contributed by atoms with Crippen molar-refractivity contribution in [1.29, 1.82) is 5.26 Å². The molecule has 0 heterocycles. The van der Waals surface area contributed by atoms with E-state index in [1.54, 1.807) is 6.92 Å². The summed E-state index contributed by atoms with van der Waals surface area (Å²) in [4.78, 5) is 23.5. The van der Waals surface area contributed by atoms with Gasteiger partial charge in [0.05, 0.1) is 19.6 Å². The molecule has 1 aromatic rings. The van der Waals surface area contributed by atoms with Crippen molar-refractivity contribution in [1.82, 2.24) is 5.32 Å². The highest BCUT2D eigenvalue weighted by Crippen LogP contribution is 2.08. The molecule has 0 spiro atoms. The number of rotatable bonds is 6. The molecule has 1 aromatic carbocycles. The highest BCUT2D eigenvalue weighted by atomic mass is 19.1. The number of ether oxygens (including phenoxy) is 1. The van der Waals surface area contributed by atoms with Crippen molar-refractivity contribution >= 4 is 11.9 Å². The molecule has 6 heteroatoms. The van der Waals surface area contributed by atoms with E-state index in [-0.39, 0.29) is 30.5 Å². The molecule has 0 radical (unpaired) electrons. The number of esters is 1. The van der Waals surface area contributed by atoms with Gasteiger partial charge >= 0.3 is 5.97 Å². The first-order valence-corrected chi connectivity index (χ1v) is 6.47. The second-order valence-corrected chi connectivity index (χ2v) is 4.71. The number of amides is 1. The topological polar surface area (TPSA) is 79.2 Å². The number of nitrogens with one attached hydrogen (secondary N) is 1. The number of methoxy groups -OCH3 is 1. The fourth-order valence-corrected chi connectivity index (χ4v) is 1.80. The van der Waals surface area contributed by atoms with Crippen LogP contribution in [0.25, 0.3) is 0 Å². The monoisotopic (exact) mass is 292 g/mol. The molecule has 112 valence electrons. The molecule has 1 rings (SSSR count). The van der Waals surface area contributed by atoms with Gasteiger partial charge < -0.3 is 10.1 Å². The van der Waals surface area contributed by atoms with Crippen LogP contribution >= 0.6 is 0 Å². The summed E-state index contributed by atoms with van der Waals surface area (Å²) in [7, 11) is 1.22. The van der Waals surface area contributed by atoms with Gasteiger partial charge in [-0.1, -0.05) is 12.1 Å². The average molecular weight is 292 g/mol. The van der Waals surface area contributed by atoms with E-state index >= 15 is 0 Å². The van der Waals surface area contributed by atoms with Gasteiger partial charge in [0, 0.05) is 5.92 Å². The number of carbonyl (C=O) groups excluding carboxylic acids is 2. The molecule has 0 saturated heterocycles. The summed E-state index contributed by atoms with van der Waals surface area (Å²) in [5.41, 5.74) is 0.630. The average Bonchev–Trinajstić information content (AvgIpc) is 2.47. The summed E-state index contributed by atoms with van der Waals surface area (Å²) in [6, 6.07) is 6.66. The van der Waals surface area contributed by atoms with E-state index in [0.717, 1.165) is 0 Å². The minimum atomic E-state index is -0.863. The number of hydrogen-bond acceptors (Lipinski definition) is 4. The minimum absolute atomic E-state index is 0.0225. The molecule has 0 aliphatic rings. The molecule has 0 aliphatic heterocycles. The Balaban J connectivity index is 2.65. The van der Waals surface area contributed by atoms with Crippen LogP contribution in [0.3, 0.4) is 0 Å². The molecular weight excluding hydrogens is 275 g/mol. The molecule has 0 saturated carbocycles. The molecule has 21 heavy (non-hydrogen) atoms. The molecule has 0 aliphatic carbocycles. The molecule has 0 fully saturated rings. The minimum Gasteiger partial charge on any atom is -0.467 e. The molecular formula is C15H17FN2O3. The Kier molecular flexibility index (Phi) is 6.34. The van der Waals surface area contributed by atoms with E-state index in [0.29, 0.717) is 5.56 Å². The lowest BCUT2D eigenvalue weighted by molar-refractivity contribution is -0.145. The molecule has 5 nitrogen and oxygen atoms in total. The molecule has 0 bridgehead atoms. The number of halogens is 1. The van der Waals surface area contributed by atoms with E-state index in [9.17, 15) is 14.0 Å². The summed E-state index contributed by atoms with van der Waals surface area (Å²) in [6.45, 7) is 1.65. The molecule has 0 aromatic heterocycles. The van der Waals surface area contributed by atoms with Gasteiger partial charge in [0.1, 0.15) is 11.9 Å². The van der Waals surface area contributed by atoms with Crippen LogP contribution in [0, 0.1) is 23.1 Å². The van der Waals surface area contributed by atoms with E-state index in [1.165, 1.54) is 31.4 Å². The number of carbonyl (C=O) groups is 2. The number of benzene rings is 1. The highest BCUT2D eigenvalue weighted by Gasteiger charge is 2.23. The van der Waals surface area contributed by atoms with Crippen LogP contribution in [0.1, 0.15) is 18.9 Å². The third kappa shape index (κ3) is 5.61. The highest BCUT2D eigenvalue weighted by molar-refractivity contribution is 5.85. The Morgan fingerprint density at radius 2 is 2.00 bits per heavy atom. The third-order valence-corrected chi connectivity index (χ3v) is 2.91. The van der Waals surface area contributed by atoms with Crippen molar-refractivity contribution in [3.8, 4) is 6.07 Å². The fourth-order valence-electron chi connectivity index (χ4n) is 1.80. The van der Waals surface area contributed by atoms with E-state index in [4.69, 9.17) is 5.26 Å². The first-order valence-electron chi connectivity index (χ1n) is 6.47. The number of nitrogens with zero attached hydrogens (tertiary/aromatic N) is 1. The van der Waals surface area contributed by atoms with Gasteiger partial charge in [0.25, 0.3) is 0 Å². The van der Waals surface area contributed by atoms with Crippen LogP contribution in [-0.2, 0) is 20.7 Å². The standard InChI is InChI=1S/C15H17FN2O3/c1-10(9-17)7-13(15(20)21-2)18-14(19)8-11-3-5-12(16)6-4-11/h3-6,10,13H,7-8H2,1-2H3,(H,18,19)/t10-,13+/m1/s1. The zero-order valence-corrected chi connectivity index (χ0v) is 11.9. The Morgan fingerprint density at radius 1 is 1.38 bits per heavy atom. The van der Waals surface area contributed by atoms with Crippen molar-refractivity contribution in [3.63, 3.8) is 0 Å². The van der Waals surface area contributed by atoms with Gasteiger partial charge in [-0.15, -0.1) is 0 Å². The maximum absolute atomic E-state index is 12.8. The van der Waals surface area contributed by atoms with Crippen LogP contribution in [-0.4, -0.2) is 25.0 Å². The van der Waals surface area contributed by atoms with Gasteiger partial charge in [-0.25, -0.2) is 9.18 Å². The molecule has 1 amide bonds. The predicted molar refractivity (Wildman–Crippen MR) is 73.4 cm³/mol. The van der Waals surface area contributed by atoms with Crippen molar-refractivity contribution in [2.75, 3.05) is 7.11 Å². The molecule has 0 unspecified atom stereocenters. The van der Waals surface area contributed by atoms with Crippen LogP contribution in [0.5, 0.6) is 0 Å². The second kappa shape index (κ2) is 8.00. The maximum atomic E-state index is 12.8. The van der Waals surface area contributed by atoms with Gasteiger partial charge in [-0.3, -0.25) is 4.79 Å². The Morgan fingerprint density at radius 3 is 2.52 bits per heavy atom. The van der Waals surface area contributed by atoms with E-state index < -0.39 is 12.0 Å². The van der Waals surface area contributed by atoms with E-state index in [2.05, 4.69) is 10.1 Å². The summed E-state index contributed by atoms with van der Waals surface area (Å²) >= 11 is 0. The first-order chi connectivity index (χ1) is 9.96. The zero-order valence-electron chi connectivity index (χ0n) is 11.9. The summed E-state index contributed by atoms with van der Waals surface area (Å²) in [5.74, 6) is -1.75. The zero-order chi connectivity index (χ0) is 15.8. The van der Waals surface area contributed by atoms with Crippen LogP contribution < -0.4 is 5.32 Å². The quantitative estimate of drug-likeness (QED) is 0.807. The third-order valence-electron chi connectivity index (χ3n) is 2.91. The van der Waals surface area contributed by atoms with Gasteiger partial charge in [-0.05, 0) is 31.0 Å². The molecule has 1 N–H and O–H groups in total. The van der Waals surface area contributed by atoms with Gasteiger partial charge in [-0.2, -0.15) is 5.26 Å². The largest absolute Gasteiger partial charge is 0.467 e. The predicted octanol–water partition coefficient (Wildman–Crippen LogP) is 1.58. The first kappa shape index (κ1) is 16.6. The van der Waals surface area contributed by atoms with Crippen molar-refractivity contribution in [2.24, 2.45) is 5.92 Å². The summed E-state index contributed by atoms with van der Waals surface area (Å²) in [5, 5.41) is 11.3. The number of hydrogen-bond donors (Lipinski definition) is 1.